The van der Waals surface area contributed by atoms with E-state index in [2.05, 4.69) is 46.0 Å². The number of ether oxygens (including phenoxy) is 1. The minimum Gasteiger partial charge on any atom is -0.493 e. The van der Waals surface area contributed by atoms with Gasteiger partial charge in [0.2, 0.25) is 0 Å². The van der Waals surface area contributed by atoms with Crippen molar-refractivity contribution in [1.82, 2.24) is 9.47 Å². The second kappa shape index (κ2) is 10.1. The topological polar surface area (TPSA) is 53.2 Å². The van der Waals surface area contributed by atoms with Crippen LogP contribution in [0.1, 0.15) is 18.9 Å². The SMILES string of the molecule is CCn1c(-c2ccc(NC)cc2)c(C#N)c2ccc(OCCCN3CCSCC3)cc21. The van der Waals surface area contributed by atoms with E-state index in [4.69, 9.17) is 4.74 Å². The lowest BCUT2D eigenvalue weighted by Gasteiger charge is -2.25. The summed E-state index contributed by atoms with van der Waals surface area (Å²) in [6, 6.07) is 16.8. The molecule has 1 saturated heterocycles. The third kappa shape index (κ3) is 4.68. The van der Waals surface area contributed by atoms with Gasteiger partial charge >= 0.3 is 0 Å². The summed E-state index contributed by atoms with van der Waals surface area (Å²) < 4.78 is 8.31. The van der Waals surface area contributed by atoms with E-state index in [-0.39, 0.29) is 0 Å². The monoisotopic (exact) mass is 434 g/mol. The quantitative estimate of drug-likeness (QED) is 0.502. The molecule has 0 radical (unpaired) electrons. The minimum atomic E-state index is 0.714. The molecule has 4 rings (SSSR count). The van der Waals surface area contributed by atoms with Gasteiger partial charge in [-0.25, -0.2) is 0 Å². The molecule has 0 amide bonds. The Bertz CT molecular complexity index is 1060. The van der Waals surface area contributed by atoms with Crippen molar-refractivity contribution < 1.29 is 4.74 Å². The number of nitriles is 1. The van der Waals surface area contributed by atoms with Crippen molar-refractivity contribution in [2.45, 2.75) is 19.9 Å². The molecule has 0 saturated carbocycles. The van der Waals surface area contributed by atoms with Crippen molar-refractivity contribution in [2.24, 2.45) is 0 Å². The van der Waals surface area contributed by atoms with Gasteiger partial charge in [0.25, 0.3) is 0 Å². The predicted octanol–water partition coefficient (Wildman–Crippen LogP) is 5.06. The third-order valence-corrected chi connectivity index (χ3v) is 6.84. The number of anilines is 1. The fraction of sp³-hybridized carbons (Fsp3) is 0.400. The van der Waals surface area contributed by atoms with Gasteiger partial charge in [-0.05, 0) is 43.2 Å². The molecule has 0 unspecified atom stereocenters. The molecule has 2 aromatic carbocycles. The Morgan fingerprint density at radius 3 is 2.58 bits per heavy atom. The second-order valence-electron chi connectivity index (χ2n) is 7.74. The highest BCUT2D eigenvalue weighted by Crippen LogP contribution is 2.35. The molecule has 0 bridgehead atoms. The lowest BCUT2D eigenvalue weighted by atomic mass is 10.1. The summed E-state index contributed by atoms with van der Waals surface area (Å²) >= 11 is 2.04. The van der Waals surface area contributed by atoms with Crippen LogP contribution >= 0.6 is 11.8 Å². The molecule has 1 aliphatic rings. The van der Waals surface area contributed by atoms with Gasteiger partial charge < -0.3 is 19.5 Å². The molecule has 1 aliphatic heterocycles. The smallest absolute Gasteiger partial charge is 0.121 e. The van der Waals surface area contributed by atoms with Crippen LogP contribution in [0.5, 0.6) is 5.75 Å². The van der Waals surface area contributed by atoms with Gasteiger partial charge in [0.15, 0.2) is 0 Å². The predicted molar refractivity (Wildman–Crippen MR) is 131 cm³/mol. The highest BCUT2D eigenvalue weighted by Gasteiger charge is 2.18. The van der Waals surface area contributed by atoms with E-state index in [9.17, 15) is 5.26 Å². The minimum absolute atomic E-state index is 0.714. The van der Waals surface area contributed by atoms with Crippen molar-refractivity contribution in [3.63, 3.8) is 0 Å². The molecule has 1 N–H and O–H groups in total. The Balaban J connectivity index is 1.56. The normalized spacial score (nSPS) is 14.5. The molecule has 1 aromatic heterocycles. The van der Waals surface area contributed by atoms with E-state index in [0.29, 0.717) is 6.61 Å². The standard InChI is InChI=1S/C25H30N4OS/c1-3-29-24-17-21(30-14-4-11-28-12-15-31-16-13-28)9-10-22(24)23(18-26)25(29)19-5-7-20(27-2)8-6-19/h5-10,17,27H,3-4,11-16H2,1-2H3. The Hall–Kier alpha value is -2.62. The highest BCUT2D eigenvalue weighted by molar-refractivity contribution is 7.99. The zero-order chi connectivity index (χ0) is 21.6. The Labute approximate surface area is 189 Å². The number of nitrogens with zero attached hydrogens (tertiary/aromatic N) is 3. The third-order valence-electron chi connectivity index (χ3n) is 5.90. The van der Waals surface area contributed by atoms with E-state index in [1.54, 1.807) is 0 Å². The number of nitrogens with one attached hydrogen (secondary N) is 1. The van der Waals surface area contributed by atoms with Crippen LogP contribution in [0.25, 0.3) is 22.2 Å². The van der Waals surface area contributed by atoms with Crippen LogP contribution in [0.3, 0.4) is 0 Å². The molecule has 0 atom stereocenters. The lowest BCUT2D eigenvalue weighted by Crippen LogP contribution is -2.33. The number of fused-ring (bicyclic) bond motifs is 1. The number of benzene rings is 2. The molecule has 162 valence electrons. The van der Waals surface area contributed by atoms with E-state index >= 15 is 0 Å². The molecule has 3 aromatic rings. The van der Waals surface area contributed by atoms with Crippen molar-refractivity contribution >= 4 is 28.4 Å². The van der Waals surface area contributed by atoms with E-state index < -0.39 is 0 Å². The summed E-state index contributed by atoms with van der Waals surface area (Å²) in [7, 11) is 1.91. The van der Waals surface area contributed by atoms with Crippen LogP contribution in [-0.2, 0) is 6.54 Å². The van der Waals surface area contributed by atoms with Gasteiger partial charge in [-0.1, -0.05) is 12.1 Å². The van der Waals surface area contributed by atoms with E-state index in [1.165, 1.54) is 24.6 Å². The maximum absolute atomic E-state index is 9.94. The molecule has 1 fully saturated rings. The summed E-state index contributed by atoms with van der Waals surface area (Å²) in [4.78, 5) is 2.52. The first-order valence-corrected chi connectivity index (χ1v) is 12.2. The largest absolute Gasteiger partial charge is 0.493 e. The summed E-state index contributed by atoms with van der Waals surface area (Å²) in [6.07, 6.45) is 1.03. The summed E-state index contributed by atoms with van der Waals surface area (Å²) in [6.45, 7) is 7.10. The maximum atomic E-state index is 9.94. The van der Waals surface area contributed by atoms with Crippen LogP contribution in [0.2, 0.25) is 0 Å². The molecule has 6 heteroatoms. The van der Waals surface area contributed by atoms with Gasteiger partial charge in [0.05, 0.1) is 23.4 Å². The average Bonchev–Trinajstić information content (AvgIpc) is 3.15. The van der Waals surface area contributed by atoms with Crippen molar-refractivity contribution in [3.05, 3.63) is 48.0 Å². The summed E-state index contributed by atoms with van der Waals surface area (Å²) in [5.74, 6) is 3.36. The Morgan fingerprint density at radius 1 is 1.13 bits per heavy atom. The molecule has 5 nitrogen and oxygen atoms in total. The number of hydrogen-bond acceptors (Lipinski definition) is 5. The second-order valence-corrected chi connectivity index (χ2v) is 8.97. The lowest BCUT2D eigenvalue weighted by molar-refractivity contribution is 0.249. The van der Waals surface area contributed by atoms with Gasteiger partial charge in [-0.3, -0.25) is 0 Å². The number of hydrogen-bond donors (Lipinski definition) is 1. The van der Waals surface area contributed by atoms with E-state index in [0.717, 1.165) is 58.7 Å². The molecule has 0 aliphatic carbocycles. The highest BCUT2D eigenvalue weighted by atomic mass is 32.2. The van der Waals surface area contributed by atoms with Crippen LogP contribution in [-0.4, -0.2) is 54.3 Å². The molecule has 0 spiro atoms. The Morgan fingerprint density at radius 2 is 1.90 bits per heavy atom. The number of aryl methyl sites for hydroxylation is 1. The van der Waals surface area contributed by atoms with Crippen molar-refractivity contribution in [2.75, 3.05) is 50.1 Å². The number of thioether (sulfide) groups is 1. The maximum Gasteiger partial charge on any atom is 0.121 e. The van der Waals surface area contributed by atoms with E-state index in [1.807, 2.05) is 43.1 Å². The van der Waals surface area contributed by atoms with Crippen LogP contribution in [0.4, 0.5) is 5.69 Å². The van der Waals surface area contributed by atoms with Crippen LogP contribution in [0, 0.1) is 11.3 Å². The van der Waals surface area contributed by atoms with Gasteiger partial charge in [-0.2, -0.15) is 17.0 Å². The first kappa shape index (κ1) is 21.6. The van der Waals surface area contributed by atoms with Crippen molar-refractivity contribution in [3.8, 4) is 23.1 Å². The number of rotatable bonds is 8. The Kier molecular flexibility index (Phi) is 7.06. The zero-order valence-electron chi connectivity index (χ0n) is 18.4. The first-order chi connectivity index (χ1) is 15.2. The molecule has 31 heavy (non-hydrogen) atoms. The fourth-order valence-electron chi connectivity index (χ4n) is 4.26. The molecular weight excluding hydrogens is 404 g/mol. The van der Waals surface area contributed by atoms with Crippen LogP contribution in [0.15, 0.2) is 42.5 Å². The first-order valence-electron chi connectivity index (χ1n) is 11.0. The number of aromatic nitrogens is 1. The molecule has 2 heterocycles. The van der Waals surface area contributed by atoms with Crippen LogP contribution < -0.4 is 10.1 Å². The van der Waals surface area contributed by atoms with Gasteiger partial charge in [0, 0.05) is 61.9 Å². The van der Waals surface area contributed by atoms with Gasteiger partial charge in [-0.15, -0.1) is 0 Å². The van der Waals surface area contributed by atoms with Gasteiger partial charge in [0.1, 0.15) is 11.8 Å². The average molecular weight is 435 g/mol. The summed E-state index contributed by atoms with van der Waals surface area (Å²) in [5.41, 5.74) is 4.86. The fourth-order valence-corrected chi connectivity index (χ4v) is 5.24. The molecular formula is C25H30N4OS. The summed E-state index contributed by atoms with van der Waals surface area (Å²) in [5, 5.41) is 14.1. The van der Waals surface area contributed by atoms with Crippen molar-refractivity contribution in [1.29, 1.82) is 5.26 Å². The zero-order valence-corrected chi connectivity index (χ0v) is 19.2.